The highest BCUT2D eigenvalue weighted by Gasteiger charge is 2.44. The second-order valence-electron chi connectivity index (χ2n) is 8.26. The molecule has 7 nitrogen and oxygen atoms in total. The molecule has 7 heteroatoms. The van der Waals surface area contributed by atoms with Crippen molar-refractivity contribution in [1.82, 2.24) is 20.0 Å². The van der Waals surface area contributed by atoms with Crippen molar-refractivity contribution >= 4 is 17.8 Å². The fraction of sp³-hybridized carbons (Fsp3) is 0.850. The highest BCUT2D eigenvalue weighted by molar-refractivity contribution is 5.85. The monoisotopic (exact) mass is 379 g/mol. The van der Waals surface area contributed by atoms with E-state index in [2.05, 4.69) is 34.0 Å². The van der Waals surface area contributed by atoms with E-state index < -0.39 is 0 Å². The Morgan fingerprint density at radius 2 is 1.85 bits per heavy atom. The zero-order valence-electron chi connectivity index (χ0n) is 17.8. The number of rotatable bonds is 4. The molecule has 2 fully saturated rings. The molecule has 1 N–H and O–H groups in total. The predicted octanol–water partition coefficient (Wildman–Crippen LogP) is 1.69. The minimum absolute atomic E-state index is 0.00629. The molecule has 1 unspecified atom stereocenters. The van der Waals surface area contributed by atoms with Crippen LogP contribution in [0.15, 0.2) is 4.99 Å². The Balaban J connectivity index is 2.22. The minimum Gasteiger partial charge on any atom is -0.354 e. The number of nitrogens with zero attached hydrogens (tertiary/aromatic N) is 4. The number of carbonyl (C=O) groups is 2. The minimum atomic E-state index is -0.0915. The van der Waals surface area contributed by atoms with Gasteiger partial charge in [0, 0.05) is 46.7 Å². The van der Waals surface area contributed by atoms with Crippen LogP contribution in [-0.4, -0.2) is 84.3 Å². The van der Waals surface area contributed by atoms with Crippen LogP contribution in [0.2, 0.25) is 0 Å². The normalized spacial score (nSPS) is 21.1. The van der Waals surface area contributed by atoms with Gasteiger partial charge in [-0.2, -0.15) is 0 Å². The maximum atomic E-state index is 12.3. The third kappa shape index (κ3) is 5.36. The van der Waals surface area contributed by atoms with Crippen LogP contribution in [0.1, 0.15) is 59.3 Å². The molecular weight excluding hydrogens is 342 g/mol. The lowest BCUT2D eigenvalue weighted by atomic mass is 9.78. The third-order valence-electron chi connectivity index (χ3n) is 5.97. The van der Waals surface area contributed by atoms with E-state index in [1.54, 1.807) is 25.9 Å². The Hall–Kier alpha value is -1.79. The quantitative estimate of drug-likeness (QED) is 0.596. The number of amides is 2. The van der Waals surface area contributed by atoms with Crippen LogP contribution in [0.4, 0.5) is 0 Å². The van der Waals surface area contributed by atoms with Gasteiger partial charge in [0.1, 0.15) is 6.54 Å². The molecule has 1 aliphatic heterocycles. The fourth-order valence-corrected chi connectivity index (χ4v) is 4.13. The lowest BCUT2D eigenvalue weighted by molar-refractivity contribution is -0.140. The van der Waals surface area contributed by atoms with Gasteiger partial charge in [-0.05, 0) is 26.2 Å². The van der Waals surface area contributed by atoms with Gasteiger partial charge >= 0.3 is 0 Å². The molecule has 0 bridgehead atoms. The Bertz CT molecular complexity index is 555. The molecule has 2 amide bonds. The van der Waals surface area contributed by atoms with Gasteiger partial charge in [-0.1, -0.05) is 26.2 Å². The first-order valence-corrected chi connectivity index (χ1v) is 10.3. The van der Waals surface area contributed by atoms with Crippen LogP contribution in [0.25, 0.3) is 0 Å². The van der Waals surface area contributed by atoms with E-state index in [1.807, 2.05) is 0 Å². The molecule has 27 heavy (non-hydrogen) atoms. The molecule has 0 aromatic heterocycles. The summed E-state index contributed by atoms with van der Waals surface area (Å²) in [5, 5.41) is 3.50. The molecule has 1 heterocycles. The first-order valence-electron chi connectivity index (χ1n) is 10.3. The molecule has 0 aromatic carbocycles. The summed E-state index contributed by atoms with van der Waals surface area (Å²) in [6.45, 7) is 8.37. The summed E-state index contributed by atoms with van der Waals surface area (Å²) < 4.78 is 0. The Kier molecular flexibility index (Phi) is 7.50. The van der Waals surface area contributed by atoms with E-state index in [0.717, 1.165) is 44.9 Å². The van der Waals surface area contributed by atoms with Crippen LogP contribution in [0, 0.1) is 0 Å². The van der Waals surface area contributed by atoms with Crippen molar-refractivity contribution in [3.05, 3.63) is 0 Å². The average Bonchev–Trinajstić information content (AvgIpc) is 2.64. The standard InChI is InChI=1S/C20H37N5O2/c1-6-16(2)22-19(21-14-18(27)23(4)5)24-12-13-25(17(3)26)20(15-24)10-8-7-9-11-20/h16H,6-15H2,1-5H3,(H,21,22). The predicted molar refractivity (Wildman–Crippen MR) is 109 cm³/mol. The molecule has 1 spiro atoms. The first kappa shape index (κ1) is 21.5. The number of guanidine groups is 1. The maximum Gasteiger partial charge on any atom is 0.243 e. The summed E-state index contributed by atoms with van der Waals surface area (Å²) in [6.07, 6.45) is 6.67. The van der Waals surface area contributed by atoms with Crippen LogP contribution < -0.4 is 5.32 Å². The molecule has 1 saturated heterocycles. The van der Waals surface area contributed by atoms with Gasteiger partial charge in [-0.15, -0.1) is 0 Å². The van der Waals surface area contributed by atoms with E-state index >= 15 is 0 Å². The Labute approximate surface area is 164 Å². The van der Waals surface area contributed by atoms with Crippen molar-refractivity contribution in [3.8, 4) is 0 Å². The highest BCUT2D eigenvalue weighted by Crippen LogP contribution is 2.36. The Morgan fingerprint density at radius 3 is 2.41 bits per heavy atom. The summed E-state index contributed by atoms with van der Waals surface area (Å²) in [4.78, 5) is 34.9. The number of piperazine rings is 1. The van der Waals surface area contributed by atoms with Gasteiger partial charge in [0.25, 0.3) is 0 Å². The Morgan fingerprint density at radius 1 is 1.19 bits per heavy atom. The van der Waals surface area contributed by atoms with Crippen molar-refractivity contribution in [2.45, 2.75) is 70.9 Å². The highest BCUT2D eigenvalue weighted by atomic mass is 16.2. The summed E-state index contributed by atoms with van der Waals surface area (Å²) in [5.74, 6) is 0.966. The second-order valence-corrected chi connectivity index (χ2v) is 8.26. The molecule has 1 saturated carbocycles. The average molecular weight is 380 g/mol. The first-order chi connectivity index (χ1) is 12.8. The van der Waals surface area contributed by atoms with Crippen molar-refractivity contribution < 1.29 is 9.59 Å². The van der Waals surface area contributed by atoms with E-state index in [-0.39, 0.29) is 29.9 Å². The van der Waals surface area contributed by atoms with Crippen molar-refractivity contribution in [3.63, 3.8) is 0 Å². The van der Waals surface area contributed by atoms with Crippen molar-refractivity contribution in [2.24, 2.45) is 4.99 Å². The summed E-state index contributed by atoms with van der Waals surface area (Å²) >= 11 is 0. The number of hydrogen-bond acceptors (Lipinski definition) is 3. The van der Waals surface area contributed by atoms with E-state index in [1.165, 1.54) is 19.3 Å². The number of aliphatic imine (C=N–C) groups is 1. The molecule has 0 aromatic rings. The van der Waals surface area contributed by atoms with Crippen molar-refractivity contribution in [2.75, 3.05) is 40.3 Å². The zero-order chi connectivity index (χ0) is 20.0. The number of carbonyl (C=O) groups excluding carboxylic acids is 2. The van der Waals surface area contributed by atoms with Gasteiger partial charge in [0.15, 0.2) is 5.96 Å². The van der Waals surface area contributed by atoms with Gasteiger partial charge in [0.05, 0.1) is 5.54 Å². The van der Waals surface area contributed by atoms with Crippen LogP contribution >= 0.6 is 0 Å². The third-order valence-corrected chi connectivity index (χ3v) is 5.97. The van der Waals surface area contributed by atoms with Crippen LogP contribution in [0.3, 0.4) is 0 Å². The lowest BCUT2D eigenvalue weighted by Crippen LogP contribution is -2.66. The van der Waals surface area contributed by atoms with Gasteiger partial charge in [-0.3, -0.25) is 9.59 Å². The summed E-state index contributed by atoms with van der Waals surface area (Å²) in [7, 11) is 3.50. The SMILES string of the molecule is CCC(C)NC(=NCC(=O)N(C)C)N1CCN(C(C)=O)C2(CCCCC2)C1. The molecule has 154 valence electrons. The number of nitrogens with one attached hydrogen (secondary N) is 1. The molecule has 0 radical (unpaired) electrons. The van der Waals surface area contributed by atoms with E-state index in [4.69, 9.17) is 0 Å². The van der Waals surface area contributed by atoms with Crippen LogP contribution in [0.5, 0.6) is 0 Å². The fourth-order valence-electron chi connectivity index (χ4n) is 4.13. The zero-order valence-corrected chi connectivity index (χ0v) is 17.8. The van der Waals surface area contributed by atoms with Gasteiger partial charge in [-0.25, -0.2) is 4.99 Å². The summed E-state index contributed by atoms with van der Waals surface area (Å²) in [6, 6.07) is 0.284. The topological polar surface area (TPSA) is 68.2 Å². The molecule has 1 atom stereocenters. The van der Waals surface area contributed by atoms with E-state index in [9.17, 15) is 9.59 Å². The largest absolute Gasteiger partial charge is 0.354 e. The molecular formula is C20H37N5O2. The van der Waals surface area contributed by atoms with Crippen LogP contribution in [-0.2, 0) is 9.59 Å². The molecule has 2 aliphatic rings. The number of likely N-dealkylation sites (N-methyl/N-ethyl adjacent to an activating group) is 1. The second kappa shape index (κ2) is 9.42. The molecule has 1 aliphatic carbocycles. The molecule has 2 rings (SSSR count). The lowest BCUT2D eigenvalue weighted by Gasteiger charge is -2.53. The smallest absolute Gasteiger partial charge is 0.243 e. The van der Waals surface area contributed by atoms with Gasteiger partial charge in [0.2, 0.25) is 11.8 Å². The van der Waals surface area contributed by atoms with E-state index in [0.29, 0.717) is 0 Å². The number of hydrogen-bond donors (Lipinski definition) is 1. The maximum absolute atomic E-state index is 12.3. The summed E-state index contributed by atoms with van der Waals surface area (Å²) in [5.41, 5.74) is -0.0915. The van der Waals surface area contributed by atoms with Gasteiger partial charge < -0.3 is 20.0 Å². The van der Waals surface area contributed by atoms with Crippen molar-refractivity contribution in [1.29, 1.82) is 0 Å².